The van der Waals surface area contributed by atoms with Crippen molar-refractivity contribution in [3.8, 4) is 11.3 Å². The highest BCUT2D eigenvalue weighted by molar-refractivity contribution is 7.10. The fourth-order valence-electron chi connectivity index (χ4n) is 2.37. The normalized spacial score (nSPS) is 12.1. The zero-order chi connectivity index (χ0) is 17.6. The minimum atomic E-state index is -0.0622. The molecule has 0 aliphatic carbocycles. The van der Waals surface area contributed by atoms with Crippen molar-refractivity contribution in [1.82, 2.24) is 10.6 Å². The first-order chi connectivity index (χ1) is 12.1. The molecule has 0 fully saturated rings. The van der Waals surface area contributed by atoms with E-state index >= 15 is 0 Å². The van der Waals surface area contributed by atoms with Gasteiger partial charge in [-0.05, 0) is 54.8 Å². The molecule has 1 amide bonds. The van der Waals surface area contributed by atoms with Gasteiger partial charge in [0.2, 0.25) is 5.91 Å². The number of hydrogen-bond donors (Lipinski definition) is 2. The number of benzene rings is 1. The molecule has 0 spiro atoms. The smallest absolute Gasteiger partial charge is 0.234 e. The molecule has 3 aromatic rings. The van der Waals surface area contributed by atoms with Crippen molar-refractivity contribution in [2.45, 2.75) is 19.5 Å². The summed E-state index contributed by atoms with van der Waals surface area (Å²) in [6.45, 7) is 2.68. The molecule has 130 valence electrons. The molecule has 6 heteroatoms. The number of carbonyl (C=O) groups excluding carboxylic acids is 1. The molecule has 1 aromatic carbocycles. The van der Waals surface area contributed by atoms with Crippen LogP contribution in [0.4, 0.5) is 0 Å². The lowest BCUT2D eigenvalue weighted by atomic mass is 10.2. The third-order valence-corrected chi connectivity index (χ3v) is 5.10. The molecule has 2 aromatic heterocycles. The zero-order valence-corrected chi connectivity index (χ0v) is 15.4. The van der Waals surface area contributed by atoms with Crippen LogP contribution in [0.1, 0.15) is 23.6 Å². The summed E-state index contributed by atoms with van der Waals surface area (Å²) in [5.41, 5.74) is 0.952. The van der Waals surface area contributed by atoms with Gasteiger partial charge in [-0.25, -0.2) is 0 Å². The number of amides is 1. The van der Waals surface area contributed by atoms with E-state index in [0.717, 1.165) is 11.3 Å². The number of thiophene rings is 1. The minimum absolute atomic E-state index is 0.0622. The number of hydrogen-bond acceptors (Lipinski definition) is 4. The largest absolute Gasteiger partial charge is 0.459 e. The third-order valence-electron chi connectivity index (χ3n) is 3.79. The van der Waals surface area contributed by atoms with E-state index < -0.39 is 0 Å². The minimum Gasteiger partial charge on any atom is -0.459 e. The van der Waals surface area contributed by atoms with E-state index in [1.165, 1.54) is 4.88 Å². The van der Waals surface area contributed by atoms with E-state index in [9.17, 15) is 4.79 Å². The van der Waals surface area contributed by atoms with Crippen LogP contribution in [0.3, 0.4) is 0 Å². The van der Waals surface area contributed by atoms with Gasteiger partial charge in [0, 0.05) is 21.5 Å². The van der Waals surface area contributed by atoms with Crippen molar-refractivity contribution in [3.63, 3.8) is 0 Å². The van der Waals surface area contributed by atoms with Crippen LogP contribution >= 0.6 is 22.9 Å². The van der Waals surface area contributed by atoms with Gasteiger partial charge in [0.25, 0.3) is 0 Å². The molecule has 0 bridgehead atoms. The number of carbonyl (C=O) groups is 1. The molecule has 0 radical (unpaired) electrons. The Morgan fingerprint density at radius 1 is 1.20 bits per heavy atom. The first-order valence-electron chi connectivity index (χ1n) is 8.00. The Kier molecular flexibility index (Phi) is 5.91. The third kappa shape index (κ3) is 4.95. The Labute approximate surface area is 155 Å². The SMILES string of the molecule is CC(NCC(=O)NCc1ccc(-c2ccc(Cl)cc2)o1)c1cccs1. The maximum atomic E-state index is 12.0. The van der Waals surface area contributed by atoms with E-state index in [1.807, 2.05) is 54.8 Å². The summed E-state index contributed by atoms with van der Waals surface area (Å²) in [5, 5.41) is 8.79. The van der Waals surface area contributed by atoms with Crippen LogP contribution in [0.25, 0.3) is 11.3 Å². The monoisotopic (exact) mass is 374 g/mol. The highest BCUT2D eigenvalue weighted by Gasteiger charge is 2.10. The van der Waals surface area contributed by atoms with Crippen molar-refractivity contribution < 1.29 is 9.21 Å². The van der Waals surface area contributed by atoms with Crippen LogP contribution in [-0.4, -0.2) is 12.5 Å². The summed E-state index contributed by atoms with van der Waals surface area (Å²) < 4.78 is 5.77. The molecule has 3 rings (SSSR count). The Balaban J connectivity index is 1.47. The molecular formula is C19H19ClN2O2S. The first kappa shape index (κ1) is 17.7. The predicted octanol–water partition coefficient (Wildman–Crippen LogP) is 4.63. The maximum Gasteiger partial charge on any atom is 0.234 e. The van der Waals surface area contributed by atoms with Gasteiger partial charge < -0.3 is 15.1 Å². The topological polar surface area (TPSA) is 54.3 Å². The summed E-state index contributed by atoms with van der Waals surface area (Å²) in [4.78, 5) is 13.2. The van der Waals surface area contributed by atoms with Gasteiger partial charge in [-0.2, -0.15) is 0 Å². The molecule has 2 heterocycles. The van der Waals surface area contributed by atoms with Crippen molar-refractivity contribution in [3.05, 3.63) is 69.6 Å². The van der Waals surface area contributed by atoms with E-state index in [0.29, 0.717) is 17.3 Å². The number of halogens is 1. The van der Waals surface area contributed by atoms with Gasteiger partial charge in [-0.1, -0.05) is 17.7 Å². The van der Waals surface area contributed by atoms with Crippen LogP contribution < -0.4 is 10.6 Å². The van der Waals surface area contributed by atoms with Crippen LogP contribution in [-0.2, 0) is 11.3 Å². The molecule has 0 saturated heterocycles. The van der Waals surface area contributed by atoms with Crippen LogP contribution in [0.2, 0.25) is 5.02 Å². The maximum absolute atomic E-state index is 12.0. The quantitative estimate of drug-likeness (QED) is 0.634. The molecular weight excluding hydrogens is 356 g/mol. The summed E-state index contributed by atoms with van der Waals surface area (Å²) in [5.74, 6) is 1.41. The fourth-order valence-corrected chi connectivity index (χ4v) is 3.26. The Bertz CT molecular complexity index is 812. The van der Waals surface area contributed by atoms with Crippen LogP contribution in [0, 0.1) is 0 Å². The van der Waals surface area contributed by atoms with Crippen molar-refractivity contribution in [1.29, 1.82) is 0 Å². The Morgan fingerprint density at radius 2 is 2.00 bits per heavy atom. The second-order valence-corrected chi connectivity index (χ2v) is 7.08. The number of furan rings is 1. The molecule has 25 heavy (non-hydrogen) atoms. The Hall–Kier alpha value is -2.08. The van der Waals surface area contributed by atoms with Gasteiger partial charge in [-0.15, -0.1) is 11.3 Å². The van der Waals surface area contributed by atoms with Gasteiger partial charge in [0.1, 0.15) is 11.5 Å². The predicted molar refractivity (Wildman–Crippen MR) is 102 cm³/mol. The molecule has 0 aliphatic rings. The van der Waals surface area contributed by atoms with E-state index in [-0.39, 0.29) is 18.5 Å². The van der Waals surface area contributed by atoms with Crippen LogP contribution in [0.15, 0.2) is 58.3 Å². The lowest BCUT2D eigenvalue weighted by molar-refractivity contribution is -0.120. The zero-order valence-electron chi connectivity index (χ0n) is 13.8. The molecule has 1 unspecified atom stereocenters. The van der Waals surface area contributed by atoms with Gasteiger partial charge >= 0.3 is 0 Å². The van der Waals surface area contributed by atoms with Crippen molar-refractivity contribution in [2.24, 2.45) is 0 Å². The van der Waals surface area contributed by atoms with E-state index in [1.54, 1.807) is 11.3 Å². The summed E-state index contributed by atoms with van der Waals surface area (Å²) in [6.07, 6.45) is 0. The summed E-state index contributed by atoms with van der Waals surface area (Å²) >= 11 is 7.57. The molecule has 2 N–H and O–H groups in total. The summed E-state index contributed by atoms with van der Waals surface area (Å²) in [6, 6.07) is 15.4. The van der Waals surface area contributed by atoms with E-state index in [2.05, 4.69) is 16.7 Å². The first-order valence-corrected chi connectivity index (χ1v) is 9.26. The second-order valence-electron chi connectivity index (χ2n) is 5.67. The lowest BCUT2D eigenvalue weighted by Crippen LogP contribution is -2.34. The van der Waals surface area contributed by atoms with E-state index in [4.69, 9.17) is 16.0 Å². The molecule has 4 nitrogen and oxygen atoms in total. The molecule has 0 aliphatic heterocycles. The molecule has 0 saturated carbocycles. The average molecular weight is 375 g/mol. The Morgan fingerprint density at radius 3 is 2.72 bits per heavy atom. The number of nitrogens with one attached hydrogen (secondary N) is 2. The summed E-state index contributed by atoms with van der Waals surface area (Å²) in [7, 11) is 0. The van der Waals surface area contributed by atoms with Gasteiger partial charge in [0.05, 0.1) is 13.1 Å². The fraction of sp³-hybridized carbons (Fsp3) is 0.211. The highest BCUT2D eigenvalue weighted by Crippen LogP contribution is 2.23. The second kappa shape index (κ2) is 8.34. The van der Waals surface area contributed by atoms with Crippen LogP contribution in [0.5, 0.6) is 0 Å². The van der Waals surface area contributed by atoms with Gasteiger partial charge in [0.15, 0.2) is 0 Å². The van der Waals surface area contributed by atoms with Crippen molar-refractivity contribution >= 4 is 28.8 Å². The lowest BCUT2D eigenvalue weighted by Gasteiger charge is -2.11. The number of rotatable bonds is 7. The highest BCUT2D eigenvalue weighted by atomic mass is 35.5. The standard InChI is InChI=1S/C19H19ClN2O2S/c1-13(18-3-2-10-25-18)21-12-19(23)22-11-16-8-9-17(24-16)14-4-6-15(20)7-5-14/h2-10,13,21H,11-12H2,1H3,(H,22,23). The van der Waals surface area contributed by atoms with Crippen molar-refractivity contribution in [2.75, 3.05) is 6.54 Å². The van der Waals surface area contributed by atoms with Gasteiger partial charge in [-0.3, -0.25) is 4.79 Å². The average Bonchev–Trinajstić information content (AvgIpc) is 3.30. The molecule has 1 atom stereocenters.